The molecule has 0 bridgehead atoms. The predicted molar refractivity (Wildman–Crippen MR) is 92.8 cm³/mol. The van der Waals surface area contributed by atoms with Crippen molar-refractivity contribution in [2.75, 3.05) is 26.2 Å². The SMILES string of the molecule is CCn1cc(CN2CCN(C(=O)[C@@H]3CC(=O)OC3(C)C)CC2)c(C)n1. The fourth-order valence-corrected chi connectivity index (χ4v) is 3.67. The second-order valence-electron chi connectivity index (χ2n) is 7.53. The monoisotopic (exact) mass is 348 g/mol. The molecular formula is C18H28N4O3. The molecule has 0 aromatic carbocycles. The number of piperazine rings is 1. The third kappa shape index (κ3) is 3.71. The van der Waals surface area contributed by atoms with Gasteiger partial charge in [0.25, 0.3) is 0 Å². The molecular weight excluding hydrogens is 320 g/mol. The Hall–Kier alpha value is -1.89. The van der Waals surface area contributed by atoms with Crippen molar-refractivity contribution >= 4 is 11.9 Å². The normalized spacial score (nSPS) is 23.8. The van der Waals surface area contributed by atoms with Crippen LogP contribution in [-0.2, 0) is 27.4 Å². The van der Waals surface area contributed by atoms with Gasteiger partial charge in [-0.25, -0.2) is 0 Å². The molecule has 7 nitrogen and oxygen atoms in total. The lowest BCUT2D eigenvalue weighted by Gasteiger charge is -2.37. The van der Waals surface area contributed by atoms with E-state index in [4.69, 9.17) is 4.74 Å². The molecule has 0 N–H and O–H groups in total. The third-order valence-electron chi connectivity index (χ3n) is 5.33. The number of hydrogen-bond donors (Lipinski definition) is 0. The van der Waals surface area contributed by atoms with Crippen LogP contribution in [0, 0.1) is 12.8 Å². The second-order valence-corrected chi connectivity index (χ2v) is 7.53. The van der Waals surface area contributed by atoms with Gasteiger partial charge in [-0.3, -0.25) is 19.2 Å². The van der Waals surface area contributed by atoms with Crippen molar-refractivity contribution in [3.05, 3.63) is 17.5 Å². The molecule has 1 amide bonds. The Labute approximate surface area is 148 Å². The maximum atomic E-state index is 12.8. The molecule has 3 heterocycles. The summed E-state index contributed by atoms with van der Waals surface area (Å²) in [7, 11) is 0. The van der Waals surface area contributed by atoms with Crippen molar-refractivity contribution in [2.45, 2.75) is 52.8 Å². The van der Waals surface area contributed by atoms with Crippen molar-refractivity contribution in [1.29, 1.82) is 0 Å². The third-order valence-corrected chi connectivity index (χ3v) is 5.33. The predicted octanol–water partition coefficient (Wildman–Crippen LogP) is 1.20. The molecule has 0 aliphatic carbocycles. The zero-order valence-corrected chi connectivity index (χ0v) is 15.6. The number of aryl methyl sites for hydroxylation is 2. The van der Waals surface area contributed by atoms with E-state index in [0.717, 1.165) is 31.9 Å². The first kappa shape index (κ1) is 17.9. The van der Waals surface area contributed by atoms with Crippen LogP contribution in [0.3, 0.4) is 0 Å². The van der Waals surface area contributed by atoms with Gasteiger partial charge in [-0.15, -0.1) is 0 Å². The quantitative estimate of drug-likeness (QED) is 0.765. The van der Waals surface area contributed by atoms with E-state index in [9.17, 15) is 9.59 Å². The highest BCUT2D eigenvalue weighted by Gasteiger charge is 2.47. The van der Waals surface area contributed by atoms with Gasteiger partial charge in [0.1, 0.15) is 5.60 Å². The first-order valence-electron chi connectivity index (χ1n) is 9.06. The van der Waals surface area contributed by atoms with Gasteiger partial charge in [-0.05, 0) is 27.7 Å². The number of esters is 1. The number of rotatable bonds is 4. The molecule has 1 aromatic rings. The average molecular weight is 348 g/mol. The number of ether oxygens (including phenoxy) is 1. The maximum Gasteiger partial charge on any atom is 0.307 e. The molecule has 0 spiro atoms. The summed E-state index contributed by atoms with van der Waals surface area (Å²) in [6.07, 6.45) is 2.30. The van der Waals surface area contributed by atoms with Crippen LogP contribution in [0.5, 0.6) is 0 Å². The summed E-state index contributed by atoms with van der Waals surface area (Å²) in [5.74, 6) is -0.590. The van der Waals surface area contributed by atoms with Crippen molar-refractivity contribution in [1.82, 2.24) is 19.6 Å². The van der Waals surface area contributed by atoms with Gasteiger partial charge in [0.15, 0.2) is 0 Å². The Morgan fingerprint density at radius 1 is 1.32 bits per heavy atom. The number of hydrogen-bond acceptors (Lipinski definition) is 5. The molecule has 2 aliphatic heterocycles. The number of amides is 1. The largest absolute Gasteiger partial charge is 0.459 e. The molecule has 1 aromatic heterocycles. The zero-order valence-electron chi connectivity index (χ0n) is 15.6. The molecule has 0 saturated carbocycles. The minimum Gasteiger partial charge on any atom is -0.459 e. The highest BCUT2D eigenvalue weighted by molar-refractivity contribution is 5.87. The first-order valence-corrected chi connectivity index (χ1v) is 9.06. The Bertz CT molecular complexity index is 659. The van der Waals surface area contributed by atoms with Crippen LogP contribution in [-0.4, -0.2) is 63.2 Å². The van der Waals surface area contributed by atoms with Gasteiger partial charge >= 0.3 is 5.97 Å². The number of carbonyl (C=O) groups excluding carboxylic acids is 2. The number of nitrogens with zero attached hydrogens (tertiary/aromatic N) is 4. The van der Waals surface area contributed by atoms with Gasteiger partial charge in [0.2, 0.25) is 5.91 Å². The topological polar surface area (TPSA) is 67.7 Å². The molecule has 0 unspecified atom stereocenters. The summed E-state index contributed by atoms with van der Waals surface area (Å²) < 4.78 is 7.26. The molecule has 25 heavy (non-hydrogen) atoms. The van der Waals surface area contributed by atoms with Crippen LogP contribution in [0.1, 0.15) is 38.4 Å². The van der Waals surface area contributed by atoms with Gasteiger partial charge in [-0.2, -0.15) is 5.10 Å². The van der Waals surface area contributed by atoms with Crippen LogP contribution >= 0.6 is 0 Å². The highest BCUT2D eigenvalue weighted by Crippen LogP contribution is 2.34. The van der Waals surface area contributed by atoms with E-state index in [1.165, 1.54) is 5.56 Å². The van der Waals surface area contributed by atoms with E-state index in [2.05, 4.69) is 23.1 Å². The lowest BCUT2D eigenvalue weighted by Crippen LogP contribution is -2.52. The van der Waals surface area contributed by atoms with Gasteiger partial charge < -0.3 is 9.64 Å². The fraction of sp³-hybridized carbons (Fsp3) is 0.722. The zero-order chi connectivity index (χ0) is 18.2. The molecule has 3 rings (SSSR count). The average Bonchev–Trinajstić information content (AvgIpc) is 3.05. The number of cyclic esters (lactones) is 1. The summed E-state index contributed by atoms with van der Waals surface area (Å²) in [4.78, 5) is 28.6. The summed E-state index contributed by atoms with van der Waals surface area (Å²) in [6.45, 7) is 12.6. The minimum atomic E-state index is -0.697. The summed E-state index contributed by atoms with van der Waals surface area (Å²) >= 11 is 0. The molecule has 2 fully saturated rings. The van der Waals surface area contributed by atoms with Crippen molar-refractivity contribution in [3.63, 3.8) is 0 Å². The second kappa shape index (κ2) is 6.78. The van der Waals surface area contributed by atoms with E-state index >= 15 is 0 Å². The highest BCUT2D eigenvalue weighted by atomic mass is 16.6. The number of aromatic nitrogens is 2. The van der Waals surface area contributed by atoms with E-state index in [1.54, 1.807) is 0 Å². The lowest BCUT2D eigenvalue weighted by atomic mass is 9.89. The Balaban J connectivity index is 1.55. The van der Waals surface area contributed by atoms with Crippen molar-refractivity contribution < 1.29 is 14.3 Å². The molecule has 0 radical (unpaired) electrons. The van der Waals surface area contributed by atoms with Gasteiger partial charge in [-0.1, -0.05) is 0 Å². The summed E-state index contributed by atoms with van der Waals surface area (Å²) in [5, 5.41) is 4.49. The van der Waals surface area contributed by atoms with Crippen LogP contribution in [0.25, 0.3) is 0 Å². The molecule has 138 valence electrons. The molecule has 2 saturated heterocycles. The lowest BCUT2D eigenvalue weighted by molar-refractivity contribution is -0.149. The van der Waals surface area contributed by atoms with Gasteiger partial charge in [0, 0.05) is 51.0 Å². The molecule has 2 aliphatic rings. The first-order chi connectivity index (χ1) is 11.8. The van der Waals surface area contributed by atoms with Crippen molar-refractivity contribution in [3.8, 4) is 0 Å². The van der Waals surface area contributed by atoms with Crippen LogP contribution in [0.15, 0.2) is 6.20 Å². The molecule has 7 heteroatoms. The summed E-state index contributed by atoms with van der Waals surface area (Å²) in [6, 6.07) is 0. The van der Waals surface area contributed by atoms with E-state index < -0.39 is 5.60 Å². The Morgan fingerprint density at radius 2 is 2.00 bits per heavy atom. The minimum absolute atomic E-state index is 0.0467. The van der Waals surface area contributed by atoms with Crippen molar-refractivity contribution in [2.24, 2.45) is 5.92 Å². The Morgan fingerprint density at radius 3 is 2.52 bits per heavy atom. The van der Waals surface area contributed by atoms with Crippen LogP contribution in [0.2, 0.25) is 0 Å². The molecule has 1 atom stereocenters. The standard InChI is InChI=1S/C18H28N4O3/c1-5-22-12-14(13(2)19-22)11-20-6-8-21(9-7-20)17(24)15-10-16(23)25-18(15,3)4/h12,15H,5-11H2,1-4H3/t15-/m0/s1. The number of carbonyl (C=O) groups is 2. The fourth-order valence-electron chi connectivity index (χ4n) is 3.67. The Kier molecular flexibility index (Phi) is 4.86. The van der Waals surface area contributed by atoms with Gasteiger partial charge in [0.05, 0.1) is 18.0 Å². The van der Waals surface area contributed by atoms with E-state index in [1.807, 2.05) is 30.4 Å². The van der Waals surface area contributed by atoms with E-state index in [0.29, 0.717) is 13.1 Å². The summed E-state index contributed by atoms with van der Waals surface area (Å²) in [5.41, 5.74) is 1.62. The van der Waals surface area contributed by atoms with Crippen LogP contribution < -0.4 is 0 Å². The smallest absolute Gasteiger partial charge is 0.307 e. The maximum absolute atomic E-state index is 12.8. The van der Waals surface area contributed by atoms with E-state index in [-0.39, 0.29) is 24.2 Å². The van der Waals surface area contributed by atoms with Crippen LogP contribution in [0.4, 0.5) is 0 Å².